The lowest BCUT2D eigenvalue weighted by molar-refractivity contribution is 0.289. The summed E-state index contributed by atoms with van der Waals surface area (Å²) in [6, 6.07) is 3.50. The molecule has 0 bridgehead atoms. The highest BCUT2D eigenvalue weighted by molar-refractivity contribution is 5.00. The SMILES string of the molecule is CCN(CC(C#N)C#N)N=O. The Morgan fingerprint density at radius 2 is 2.09 bits per heavy atom. The molecule has 58 valence electrons. The molecule has 0 rings (SSSR count). The predicted molar refractivity (Wildman–Crippen MR) is 37.8 cm³/mol. The maximum Gasteiger partial charge on any atom is 0.152 e. The lowest BCUT2D eigenvalue weighted by Gasteiger charge is -2.11. The largest absolute Gasteiger partial charge is 0.259 e. The van der Waals surface area contributed by atoms with Gasteiger partial charge in [-0.25, -0.2) is 0 Å². The highest BCUT2D eigenvalue weighted by Crippen LogP contribution is 1.97. The molecule has 0 aliphatic carbocycles. The first kappa shape index (κ1) is 9.38. The van der Waals surface area contributed by atoms with Crippen LogP contribution in [0.5, 0.6) is 0 Å². The summed E-state index contributed by atoms with van der Waals surface area (Å²) in [5.41, 5.74) is 0. The Kier molecular flexibility index (Phi) is 4.42. The van der Waals surface area contributed by atoms with Gasteiger partial charge in [0.2, 0.25) is 0 Å². The quantitative estimate of drug-likeness (QED) is 0.437. The van der Waals surface area contributed by atoms with E-state index in [1.807, 2.05) is 0 Å². The molecule has 0 aromatic carbocycles. The van der Waals surface area contributed by atoms with Gasteiger partial charge in [0.1, 0.15) is 0 Å². The summed E-state index contributed by atoms with van der Waals surface area (Å²) in [7, 11) is 0. The van der Waals surface area contributed by atoms with Gasteiger partial charge in [0.05, 0.1) is 24.0 Å². The normalized spacial score (nSPS) is 8.36. The van der Waals surface area contributed by atoms with E-state index in [1.54, 1.807) is 19.1 Å². The fourth-order valence-corrected chi connectivity index (χ4v) is 0.541. The number of nitroso groups, excluding NO2 is 1. The zero-order valence-corrected chi connectivity index (χ0v) is 6.19. The fraction of sp³-hybridized carbons (Fsp3) is 0.667. The van der Waals surface area contributed by atoms with E-state index in [1.165, 1.54) is 0 Å². The number of nitrogens with zero attached hydrogens (tertiary/aromatic N) is 4. The van der Waals surface area contributed by atoms with E-state index in [9.17, 15) is 4.91 Å². The second-order valence-electron chi connectivity index (χ2n) is 1.90. The predicted octanol–water partition coefficient (Wildman–Crippen LogP) is 0.653. The van der Waals surface area contributed by atoms with Crippen molar-refractivity contribution in [3.05, 3.63) is 4.91 Å². The summed E-state index contributed by atoms with van der Waals surface area (Å²) < 4.78 is 0. The van der Waals surface area contributed by atoms with E-state index >= 15 is 0 Å². The average Bonchev–Trinajstić information content (AvgIpc) is 2.07. The van der Waals surface area contributed by atoms with E-state index in [0.717, 1.165) is 5.01 Å². The van der Waals surface area contributed by atoms with E-state index in [4.69, 9.17) is 10.5 Å². The minimum atomic E-state index is -0.771. The van der Waals surface area contributed by atoms with Gasteiger partial charge in [0, 0.05) is 6.54 Å². The molecule has 0 unspecified atom stereocenters. The zero-order valence-electron chi connectivity index (χ0n) is 6.19. The Bertz CT molecular complexity index is 188. The molecule has 5 heteroatoms. The van der Waals surface area contributed by atoms with Crippen molar-refractivity contribution < 1.29 is 0 Å². The Balaban J connectivity index is 3.92. The second kappa shape index (κ2) is 5.19. The van der Waals surface area contributed by atoms with Crippen molar-refractivity contribution in [3.63, 3.8) is 0 Å². The second-order valence-corrected chi connectivity index (χ2v) is 1.90. The minimum absolute atomic E-state index is 0.0903. The summed E-state index contributed by atoms with van der Waals surface area (Å²) >= 11 is 0. The Morgan fingerprint density at radius 1 is 1.55 bits per heavy atom. The molecule has 0 spiro atoms. The van der Waals surface area contributed by atoms with Crippen LogP contribution >= 0.6 is 0 Å². The summed E-state index contributed by atoms with van der Waals surface area (Å²) in [4.78, 5) is 9.96. The van der Waals surface area contributed by atoms with E-state index in [0.29, 0.717) is 6.54 Å². The first-order valence-electron chi connectivity index (χ1n) is 3.15. The van der Waals surface area contributed by atoms with E-state index in [2.05, 4.69) is 5.29 Å². The molecule has 5 nitrogen and oxygen atoms in total. The maximum atomic E-state index is 9.96. The van der Waals surface area contributed by atoms with Gasteiger partial charge >= 0.3 is 0 Å². The van der Waals surface area contributed by atoms with Crippen LogP contribution < -0.4 is 0 Å². The first-order valence-corrected chi connectivity index (χ1v) is 3.15. The van der Waals surface area contributed by atoms with Crippen LogP contribution in [0, 0.1) is 33.5 Å². The number of hydrogen-bond donors (Lipinski definition) is 0. The molecule has 0 aromatic rings. The first-order chi connectivity index (χ1) is 5.28. The molecule has 11 heavy (non-hydrogen) atoms. The van der Waals surface area contributed by atoms with Crippen LogP contribution in [-0.2, 0) is 0 Å². The van der Waals surface area contributed by atoms with Gasteiger partial charge in [-0.3, -0.25) is 5.01 Å². The van der Waals surface area contributed by atoms with Crippen LogP contribution in [0.2, 0.25) is 0 Å². The zero-order chi connectivity index (χ0) is 8.69. The van der Waals surface area contributed by atoms with Gasteiger partial charge in [-0.1, -0.05) is 0 Å². The number of rotatable bonds is 4. The third-order valence-corrected chi connectivity index (χ3v) is 1.19. The van der Waals surface area contributed by atoms with Crippen LogP contribution in [0.4, 0.5) is 0 Å². The van der Waals surface area contributed by atoms with Gasteiger partial charge in [0.25, 0.3) is 0 Å². The van der Waals surface area contributed by atoms with Crippen molar-refractivity contribution in [2.24, 2.45) is 11.2 Å². The van der Waals surface area contributed by atoms with Gasteiger partial charge in [-0.15, -0.1) is 4.91 Å². The third-order valence-electron chi connectivity index (χ3n) is 1.19. The highest BCUT2D eigenvalue weighted by Gasteiger charge is 2.09. The summed E-state index contributed by atoms with van der Waals surface area (Å²) in [5.74, 6) is -0.771. The van der Waals surface area contributed by atoms with Crippen molar-refractivity contribution in [3.8, 4) is 12.1 Å². The maximum absolute atomic E-state index is 9.96. The molecule has 0 N–H and O–H groups in total. The fourth-order valence-electron chi connectivity index (χ4n) is 0.541. The molecule has 0 fully saturated rings. The molecule has 0 aliphatic rings. The lowest BCUT2D eigenvalue weighted by atomic mass is 10.2. The molecule has 0 heterocycles. The van der Waals surface area contributed by atoms with Crippen LogP contribution in [0.3, 0.4) is 0 Å². The Morgan fingerprint density at radius 3 is 2.36 bits per heavy atom. The van der Waals surface area contributed by atoms with Gasteiger partial charge < -0.3 is 0 Å². The van der Waals surface area contributed by atoms with E-state index < -0.39 is 5.92 Å². The summed E-state index contributed by atoms with van der Waals surface area (Å²) in [6.07, 6.45) is 0. The van der Waals surface area contributed by atoms with Crippen LogP contribution in [0.25, 0.3) is 0 Å². The molecule has 0 aromatic heterocycles. The van der Waals surface area contributed by atoms with Crippen molar-refractivity contribution in [2.45, 2.75) is 6.92 Å². The van der Waals surface area contributed by atoms with E-state index in [-0.39, 0.29) is 6.54 Å². The van der Waals surface area contributed by atoms with Crippen LogP contribution in [-0.4, -0.2) is 18.1 Å². The topological polar surface area (TPSA) is 80.2 Å². The van der Waals surface area contributed by atoms with Gasteiger partial charge in [-0.05, 0) is 6.92 Å². The molecular formula is C6H8N4O. The Labute approximate surface area is 64.8 Å². The smallest absolute Gasteiger partial charge is 0.152 e. The number of nitriles is 2. The molecule has 0 radical (unpaired) electrons. The van der Waals surface area contributed by atoms with Crippen LogP contribution in [0.1, 0.15) is 6.92 Å². The highest BCUT2D eigenvalue weighted by atomic mass is 16.3. The van der Waals surface area contributed by atoms with Gasteiger partial charge in [0.15, 0.2) is 5.92 Å². The molecule has 0 amide bonds. The molecule has 0 saturated carbocycles. The third kappa shape index (κ3) is 3.17. The van der Waals surface area contributed by atoms with Gasteiger partial charge in [-0.2, -0.15) is 10.5 Å². The lowest BCUT2D eigenvalue weighted by Crippen LogP contribution is -2.22. The summed E-state index contributed by atoms with van der Waals surface area (Å²) in [6.45, 7) is 2.24. The van der Waals surface area contributed by atoms with Crippen molar-refractivity contribution >= 4 is 0 Å². The van der Waals surface area contributed by atoms with Crippen molar-refractivity contribution in [1.82, 2.24) is 5.01 Å². The summed E-state index contributed by atoms with van der Waals surface area (Å²) in [5, 5.41) is 20.4. The van der Waals surface area contributed by atoms with Crippen LogP contribution in [0.15, 0.2) is 5.29 Å². The minimum Gasteiger partial charge on any atom is -0.259 e. The monoisotopic (exact) mass is 152 g/mol. The molecule has 0 aliphatic heterocycles. The average molecular weight is 152 g/mol. The van der Waals surface area contributed by atoms with Crippen molar-refractivity contribution in [1.29, 1.82) is 10.5 Å². The number of hydrogen-bond acceptors (Lipinski definition) is 4. The molecular weight excluding hydrogens is 144 g/mol. The molecule has 0 atom stereocenters. The van der Waals surface area contributed by atoms with Crippen molar-refractivity contribution in [2.75, 3.05) is 13.1 Å². The Hall–Kier alpha value is -1.62. The molecule has 0 saturated heterocycles. The standard InChI is InChI=1S/C6H8N4O/c1-2-10(9-11)5-6(3-7)4-8/h6H,2,5H2,1H3.